The van der Waals surface area contributed by atoms with Gasteiger partial charge in [-0.15, -0.1) is 0 Å². The third-order valence-corrected chi connectivity index (χ3v) is 4.63. The Kier molecular flexibility index (Phi) is 2.77. The molecule has 0 amide bonds. The van der Waals surface area contributed by atoms with E-state index in [1.807, 2.05) is 6.07 Å². The van der Waals surface area contributed by atoms with Crippen molar-refractivity contribution in [2.24, 2.45) is 0 Å². The number of fused-ring (bicyclic) bond motifs is 1. The van der Waals surface area contributed by atoms with E-state index in [4.69, 9.17) is 5.26 Å². The Morgan fingerprint density at radius 2 is 1.80 bits per heavy atom. The maximum Gasteiger partial charge on any atom is 0.268 e. The number of benzene rings is 1. The summed E-state index contributed by atoms with van der Waals surface area (Å²) in [6.45, 7) is 0. The van der Waals surface area contributed by atoms with Crippen LogP contribution in [0.25, 0.3) is 11.0 Å². The molecule has 0 aliphatic rings. The molecule has 0 radical (unpaired) electrons. The van der Waals surface area contributed by atoms with Gasteiger partial charge in [0.05, 0.1) is 15.9 Å². The van der Waals surface area contributed by atoms with Gasteiger partial charge in [0, 0.05) is 6.20 Å². The fourth-order valence-electron chi connectivity index (χ4n) is 1.97. The maximum absolute atomic E-state index is 12.5. The van der Waals surface area contributed by atoms with Gasteiger partial charge in [-0.3, -0.25) is 0 Å². The normalized spacial score (nSPS) is 11.3. The number of nitriles is 1. The standard InChI is InChI=1S/C14H9N3O2S/c15-10-11-6-7-14-13(16-11)8-9-17(14)20(18,19)12-4-2-1-3-5-12/h1-9H. The van der Waals surface area contributed by atoms with Crippen LogP contribution in [0.15, 0.2) is 59.6 Å². The van der Waals surface area contributed by atoms with Crippen molar-refractivity contribution in [2.75, 3.05) is 0 Å². The summed E-state index contributed by atoms with van der Waals surface area (Å²) in [5.41, 5.74) is 1.18. The number of hydrogen-bond acceptors (Lipinski definition) is 4. The van der Waals surface area contributed by atoms with Crippen LogP contribution in [-0.4, -0.2) is 17.4 Å². The summed E-state index contributed by atoms with van der Waals surface area (Å²) in [5.74, 6) is 0. The van der Waals surface area contributed by atoms with Crippen LogP contribution >= 0.6 is 0 Å². The van der Waals surface area contributed by atoms with E-state index in [1.54, 1.807) is 30.3 Å². The summed E-state index contributed by atoms with van der Waals surface area (Å²) >= 11 is 0. The molecule has 0 aliphatic carbocycles. The Bertz CT molecular complexity index is 922. The number of hydrogen-bond donors (Lipinski definition) is 0. The Balaban J connectivity index is 2.23. The van der Waals surface area contributed by atoms with Crippen LogP contribution in [0.3, 0.4) is 0 Å². The average molecular weight is 283 g/mol. The molecule has 0 atom stereocenters. The largest absolute Gasteiger partial charge is 0.268 e. The first-order chi connectivity index (χ1) is 9.63. The summed E-state index contributed by atoms with van der Waals surface area (Å²) in [6.07, 6.45) is 1.45. The molecule has 0 saturated heterocycles. The zero-order valence-corrected chi connectivity index (χ0v) is 11.1. The predicted molar refractivity (Wildman–Crippen MR) is 73.5 cm³/mol. The van der Waals surface area contributed by atoms with Gasteiger partial charge in [0.1, 0.15) is 11.8 Å². The van der Waals surface area contributed by atoms with E-state index in [0.29, 0.717) is 11.0 Å². The Morgan fingerprint density at radius 3 is 2.50 bits per heavy atom. The van der Waals surface area contributed by atoms with Crippen molar-refractivity contribution in [3.05, 3.63) is 60.4 Å². The van der Waals surface area contributed by atoms with Crippen molar-refractivity contribution in [2.45, 2.75) is 4.90 Å². The summed E-state index contributed by atoms with van der Waals surface area (Å²) < 4.78 is 26.2. The van der Waals surface area contributed by atoms with Gasteiger partial charge in [-0.05, 0) is 30.3 Å². The Labute approximate surface area is 115 Å². The number of aromatic nitrogens is 2. The lowest BCUT2D eigenvalue weighted by Gasteiger charge is -2.07. The van der Waals surface area contributed by atoms with E-state index in [1.165, 1.54) is 28.4 Å². The van der Waals surface area contributed by atoms with Crippen LogP contribution in [0, 0.1) is 11.3 Å². The van der Waals surface area contributed by atoms with Crippen LogP contribution in [0.1, 0.15) is 5.69 Å². The minimum absolute atomic E-state index is 0.210. The molecule has 0 spiro atoms. The summed E-state index contributed by atoms with van der Waals surface area (Å²) in [6, 6.07) is 14.8. The van der Waals surface area contributed by atoms with Gasteiger partial charge in [-0.25, -0.2) is 17.4 Å². The molecule has 0 N–H and O–H groups in total. The van der Waals surface area contributed by atoms with Crippen molar-refractivity contribution in [1.82, 2.24) is 8.96 Å². The Morgan fingerprint density at radius 1 is 1.05 bits per heavy atom. The van der Waals surface area contributed by atoms with Crippen LogP contribution in [0.5, 0.6) is 0 Å². The smallest absolute Gasteiger partial charge is 0.240 e. The monoisotopic (exact) mass is 283 g/mol. The van der Waals surface area contributed by atoms with Gasteiger partial charge in [0.15, 0.2) is 0 Å². The highest BCUT2D eigenvalue weighted by Crippen LogP contribution is 2.21. The second kappa shape index (κ2) is 4.47. The molecule has 2 aromatic heterocycles. The Hall–Kier alpha value is -2.65. The van der Waals surface area contributed by atoms with Crippen molar-refractivity contribution >= 4 is 21.1 Å². The molecule has 0 bridgehead atoms. The lowest BCUT2D eigenvalue weighted by Crippen LogP contribution is -2.11. The molecular weight excluding hydrogens is 274 g/mol. The van der Waals surface area contributed by atoms with Crippen molar-refractivity contribution in [3.63, 3.8) is 0 Å². The van der Waals surface area contributed by atoms with Gasteiger partial charge in [-0.1, -0.05) is 18.2 Å². The van der Waals surface area contributed by atoms with E-state index in [-0.39, 0.29) is 10.6 Å². The molecule has 3 rings (SSSR count). The molecule has 1 aromatic carbocycles. The highest BCUT2D eigenvalue weighted by atomic mass is 32.2. The number of pyridine rings is 1. The van der Waals surface area contributed by atoms with E-state index >= 15 is 0 Å². The van der Waals surface area contributed by atoms with Crippen LogP contribution in [-0.2, 0) is 10.0 Å². The average Bonchev–Trinajstić information content (AvgIpc) is 2.91. The highest BCUT2D eigenvalue weighted by molar-refractivity contribution is 7.90. The molecular formula is C14H9N3O2S. The van der Waals surface area contributed by atoms with Crippen LogP contribution < -0.4 is 0 Å². The van der Waals surface area contributed by atoms with Crippen molar-refractivity contribution in [3.8, 4) is 6.07 Å². The predicted octanol–water partition coefficient (Wildman–Crippen LogP) is 2.14. The summed E-state index contributed by atoms with van der Waals surface area (Å²) in [7, 11) is -3.65. The first kappa shape index (κ1) is 12.4. The molecule has 0 unspecified atom stereocenters. The fraction of sp³-hybridized carbons (Fsp3) is 0. The van der Waals surface area contributed by atoms with E-state index in [9.17, 15) is 8.42 Å². The van der Waals surface area contributed by atoms with E-state index < -0.39 is 10.0 Å². The summed E-state index contributed by atoms with van der Waals surface area (Å²) in [4.78, 5) is 4.29. The summed E-state index contributed by atoms with van der Waals surface area (Å²) in [5, 5.41) is 8.80. The minimum Gasteiger partial charge on any atom is -0.240 e. The molecule has 3 aromatic rings. The van der Waals surface area contributed by atoms with Gasteiger partial charge < -0.3 is 0 Å². The van der Waals surface area contributed by atoms with Crippen LogP contribution in [0.4, 0.5) is 0 Å². The molecule has 2 heterocycles. The molecule has 5 nitrogen and oxygen atoms in total. The maximum atomic E-state index is 12.5. The number of nitrogens with zero attached hydrogens (tertiary/aromatic N) is 3. The first-order valence-electron chi connectivity index (χ1n) is 5.82. The lowest BCUT2D eigenvalue weighted by atomic mass is 10.3. The zero-order valence-electron chi connectivity index (χ0n) is 10.3. The third-order valence-electron chi connectivity index (χ3n) is 2.92. The molecule has 0 fully saturated rings. The highest BCUT2D eigenvalue weighted by Gasteiger charge is 2.18. The van der Waals surface area contributed by atoms with Gasteiger partial charge >= 0.3 is 0 Å². The quantitative estimate of drug-likeness (QED) is 0.722. The number of rotatable bonds is 2. The van der Waals surface area contributed by atoms with Crippen LogP contribution in [0.2, 0.25) is 0 Å². The second-order valence-corrected chi connectivity index (χ2v) is 5.96. The molecule has 20 heavy (non-hydrogen) atoms. The first-order valence-corrected chi connectivity index (χ1v) is 7.26. The fourth-order valence-corrected chi connectivity index (χ4v) is 3.34. The molecule has 0 saturated carbocycles. The molecule has 98 valence electrons. The van der Waals surface area contributed by atoms with Gasteiger partial charge in [0.25, 0.3) is 10.0 Å². The molecule has 0 aliphatic heterocycles. The lowest BCUT2D eigenvalue weighted by molar-refractivity contribution is 0.589. The van der Waals surface area contributed by atoms with Gasteiger partial charge in [0.2, 0.25) is 0 Å². The van der Waals surface area contributed by atoms with E-state index in [0.717, 1.165) is 0 Å². The topological polar surface area (TPSA) is 75.8 Å². The van der Waals surface area contributed by atoms with Crippen molar-refractivity contribution < 1.29 is 8.42 Å². The van der Waals surface area contributed by atoms with Crippen molar-refractivity contribution in [1.29, 1.82) is 5.26 Å². The SMILES string of the molecule is N#Cc1ccc2c(ccn2S(=O)(=O)c2ccccc2)n1. The van der Waals surface area contributed by atoms with E-state index in [2.05, 4.69) is 4.98 Å². The zero-order chi connectivity index (χ0) is 14.2. The molecule has 6 heteroatoms. The second-order valence-electron chi connectivity index (χ2n) is 4.14. The third kappa shape index (κ3) is 1.85. The van der Waals surface area contributed by atoms with Gasteiger partial charge in [-0.2, -0.15) is 5.26 Å². The minimum atomic E-state index is -3.65.